The van der Waals surface area contributed by atoms with Gasteiger partial charge in [0.05, 0.1) is 21.5 Å². The summed E-state index contributed by atoms with van der Waals surface area (Å²) in [6.45, 7) is 0. The number of phenolic OH excluding ortho intramolecular Hbond substituents is 1. The molecule has 2 aromatic rings. The molecule has 2 aliphatic rings. The van der Waals surface area contributed by atoms with E-state index < -0.39 is 23.3 Å². The number of aliphatic hydroxyl groups is 1. The molecule has 0 saturated heterocycles. The number of carboxylic acid groups (broad SMARTS) is 1. The van der Waals surface area contributed by atoms with Crippen molar-refractivity contribution < 1.29 is 29.6 Å². The Balaban J connectivity index is 2.09. The summed E-state index contributed by atoms with van der Waals surface area (Å²) in [5.74, 6) is -2.90. The minimum atomic E-state index is -1.97. The standard InChI is InChI=1S/C20H12Cl2O6/c21-13-5-11-17(7-15(13)23)28-18-8-16(24)14(22)6-12(18)20(11,27)10-4-2-1-3-9(10)19(25)26/h1-8,11,24,27H,(H,25,26). The first-order valence-corrected chi connectivity index (χ1v) is 8.88. The topological polar surface area (TPSA) is 104 Å². The number of aromatic carboxylic acids is 1. The van der Waals surface area contributed by atoms with Gasteiger partial charge in [-0.2, -0.15) is 0 Å². The highest BCUT2D eigenvalue weighted by molar-refractivity contribution is 6.44. The highest BCUT2D eigenvalue weighted by Crippen LogP contribution is 2.53. The molecule has 3 N–H and O–H groups in total. The average Bonchev–Trinajstić information content (AvgIpc) is 2.65. The average molecular weight is 419 g/mol. The Hall–Kier alpha value is -2.80. The first-order valence-electron chi connectivity index (χ1n) is 8.12. The lowest BCUT2D eigenvalue weighted by atomic mass is 9.70. The van der Waals surface area contributed by atoms with Gasteiger partial charge < -0.3 is 20.1 Å². The minimum absolute atomic E-state index is 0.0475. The molecule has 6 nitrogen and oxygen atoms in total. The van der Waals surface area contributed by atoms with E-state index in [4.69, 9.17) is 27.9 Å². The molecule has 2 aromatic carbocycles. The highest BCUT2D eigenvalue weighted by atomic mass is 35.5. The number of benzene rings is 2. The van der Waals surface area contributed by atoms with Crippen LogP contribution in [0.3, 0.4) is 0 Å². The zero-order valence-electron chi connectivity index (χ0n) is 14.0. The van der Waals surface area contributed by atoms with E-state index in [1.807, 2.05) is 0 Å². The van der Waals surface area contributed by atoms with Crippen LogP contribution >= 0.6 is 23.2 Å². The maximum atomic E-state index is 12.0. The number of allylic oxidation sites excluding steroid dienone is 2. The number of aromatic hydroxyl groups is 1. The Kier molecular flexibility index (Phi) is 4.23. The quantitative estimate of drug-likeness (QED) is 0.688. The van der Waals surface area contributed by atoms with Crippen molar-refractivity contribution in [2.24, 2.45) is 5.92 Å². The highest BCUT2D eigenvalue weighted by Gasteiger charge is 2.51. The van der Waals surface area contributed by atoms with Crippen molar-refractivity contribution in [1.82, 2.24) is 0 Å². The smallest absolute Gasteiger partial charge is 0.336 e. The molecule has 0 radical (unpaired) electrons. The summed E-state index contributed by atoms with van der Waals surface area (Å²) in [7, 11) is 0. The minimum Gasteiger partial charge on any atom is -0.506 e. The number of carbonyl (C=O) groups is 2. The largest absolute Gasteiger partial charge is 0.506 e. The van der Waals surface area contributed by atoms with E-state index in [-0.39, 0.29) is 44.0 Å². The number of hydrogen-bond acceptors (Lipinski definition) is 5. The van der Waals surface area contributed by atoms with E-state index in [1.165, 1.54) is 36.4 Å². The molecule has 2 unspecified atom stereocenters. The number of phenols is 1. The van der Waals surface area contributed by atoms with Crippen LogP contribution in [-0.2, 0) is 10.4 Å². The fraction of sp³-hybridized carbons (Fsp3) is 0.100. The number of fused-ring (bicyclic) bond motifs is 2. The number of carbonyl (C=O) groups excluding carboxylic acids is 1. The van der Waals surface area contributed by atoms with Crippen LogP contribution in [0, 0.1) is 5.92 Å². The van der Waals surface area contributed by atoms with Gasteiger partial charge in [-0.15, -0.1) is 0 Å². The Labute approximate surface area is 168 Å². The molecule has 0 saturated carbocycles. The third-order valence-corrected chi connectivity index (χ3v) is 5.45. The summed E-state index contributed by atoms with van der Waals surface area (Å²) >= 11 is 12.1. The zero-order valence-corrected chi connectivity index (χ0v) is 15.5. The van der Waals surface area contributed by atoms with Crippen LogP contribution in [0.1, 0.15) is 21.5 Å². The predicted octanol–water partition coefficient (Wildman–Crippen LogP) is 3.58. The third kappa shape index (κ3) is 2.61. The number of carboxylic acids is 1. The van der Waals surface area contributed by atoms with Crippen molar-refractivity contribution in [3.63, 3.8) is 0 Å². The Morgan fingerprint density at radius 2 is 1.86 bits per heavy atom. The number of rotatable bonds is 2. The monoisotopic (exact) mass is 418 g/mol. The van der Waals surface area contributed by atoms with Crippen molar-refractivity contribution >= 4 is 35.0 Å². The van der Waals surface area contributed by atoms with Crippen LogP contribution < -0.4 is 4.74 Å². The normalized spacial score (nSPS) is 23.1. The molecule has 1 heterocycles. The van der Waals surface area contributed by atoms with Gasteiger partial charge in [-0.05, 0) is 18.2 Å². The summed E-state index contributed by atoms with van der Waals surface area (Å²) in [5, 5.41) is 31.3. The summed E-state index contributed by atoms with van der Waals surface area (Å²) in [6.07, 6.45) is 2.46. The third-order valence-electron chi connectivity index (χ3n) is 4.83. The van der Waals surface area contributed by atoms with E-state index >= 15 is 0 Å². The molecule has 0 bridgehead atoms. The van der Waals surface area contributed by atoms with Gasteiger partial charge in [0.2, 0.25) is 0 Å². The van der Waals surface area contributed by atoms with Gasteiger partial charge in [0.1, 0.15) is 22.9 Å². The summed E-state index contributed by atoms with van der Waals surface area (Å²) in [4.78, 5) is 23.8. The molecule has 2 atom stereocenters. The molecule has 8 heteroatoms. The van der Waals surface area contributed by atoms with Crippen LogP contribution in [0.25, 0.3) is 0 Å². The van der Waals surface area contributed by atoms with Gasteiger partial charge in [0.25, 0.3) is 0 Å². The predicted molar refractivity (Wildman–Crippen MR) is 101 cm³/mol. The van der Waals surface area contributed by atoms with Crippen LogP contribution in [0.2, 0.25) is 5.02 Å². The van der Waals surface area contributed by atoms with Crippen LogP contribution in [-0.4, -0.2) is 27.1 Å². The van der Waals surface area contributed by atoms with E-state index in [9.17, 15) is 24.9 Å². The molecule has 1 aliphatic carbocycles. The summed E-state index contributed by atoms with van der Waals surface area (Å²) in [5.41, 5.74) is -1.89. The van der Waals surface area contributed by atoms with Crippen molar-refractivity contribution in [2.75, 3.05) is 0 Å². The first-order chi connectivity index (χ1) is 13.2. The van der Waals surface area contributed by atoms with E-state index in [1.54, 1.807) is 6.07 Å². The SMILES string of the molecule is O=C1C=C2Oc3cc(O)c(Cl)cc3C(O)(c3ccccc3C(=O)O)C2C=C1Cl. The Morgan fingerprint density at radius 3 is 2.57 bits per heavy atom. The zero-order chi connectivity index (χ0) is 20.2. The number of ketones is 1. The van der Waals surface area contributed by atoms with E-state index in [2.05, 4.69) is 0 Å². The van der Waals surface area contributed by atoms with Gasteiger partial charge in [-0.3, -0.25) is 4.79 Å². The molecule has 28 heavy (non-hydrogen) atoms. The van der Waals surface area contributed by atoms with Crippen LogP contribution in [0.5, 0.6) is 11.5 Å². The number of ether oxygens (including phenoxy) is 1. The van der Waals surface area contributed by atoms with Crippen LogP contribution in [0.4, 0.5) is 0 Å². The van der Waals surface area contributed by atoms with E-state index in [0.29, 0.717) is 0 Å². The molecule has 0 amide bonds. The second-order valence-corrected chi connectivity index (χ2v) is 7.24. The fourth-order valence-corrected chi connectivity index (χ4v) is 3.90. The van der Waals surface area contributed by atoms with Crippen molar-refractivity contribution in [3.05, 3.63) is 81.1 Å². The molecule has 4 rings (SSSR count). The lowest BCUT2D eigenvalue weighted by Crippen LogP contribution is -2.43. The first kappa shape index (κ1) is 18.6. The summed E-state index contributed by atoms with van der Waals surface area (Å²) in [6, 6.07) is 8.45. The molecule has 0 fully saturated rings. The molecule has 0 aromatic heterocycles. The fourth-order valence-electron chi connectivity index (χ4n) is 3.55. The molecular formula is C20H12Cl2O6. The Morgan fingerprint density at radius 1 is 1.14 bits per heavy atom. The van der Waals surface area contributed by atoms with Crippen molar-refractivity contribution in [2.45, 2.75) is 5.60 Å². The molecule has 0 spiro atoms. The lowest BCUT2D eigenvalue weighted by molar-refractivity contribution is -0.111. The van der Waals surface area contributed by atoms with Gasteiger partial charge in [-0.25, -0.2) is 4.79 Å². The van der Waals surface area contributed by atoms with Crippen LogP contribution in [0.15, 0.2) is 59.3 Å². The number of hydrogen-bond donors (Lipinski definition) is 3. The maximum absolute atomic E-state index is 12.0. The second-order valence-electron chi connectivity index (χ2n) is 6.42. The molecule has 1 aliphatic heterocycles. The van der Waals surface area contributed by atoms with Crippen molar-refractivity contribution in [1.29, 1.82) is 0 Å². The van der Waals surface area contributed by atoms with Gasteiger partial charge >= 0.3 is 5.97 Å². The Bertz CT molecular complexity index is 1100. The molecular weight excluding hydrogens is 407 g/mol. The van der Waals surface area contributed by atoms with E-state index in [0.717, 1.165) is 6.08 Å². The number of halogens is 2. The van der Waals surface area contributed by atoms with Gasteiger partial charge in [-0.1, -0.05) is 41.4 Å². The maximum Gasteiger partial charge on any atom is 0.336 e. The summed E-state index contributed by atoms with van der Waals surface area (Å²) < 4.78 is 5.72. The second kappa shape index (κ2) is 6.38. The van der Waals surface area contributed by atoms with Crippen molar-refractivity contribution in [3.8, 4) is 11.5 Å². The molecule has 142 valence electrons. The van der Waals surface area contributed by atoms with Gasteiger partial charge in [0, 0.05) is 23.3 Å². The van der Waals surface area contributed by atoms with Gasteiger partial charge in [0.15, 0.2) is 5.78 Å². The lowest BCUT2D eigenvalue weighted by Gasteiger charge is -2.43.